The normalized spacial score (nSPS) is 11.6. The Kier molecular flexibility index (Phi) is 6.13. The summed E-state index contributed by atoms with van der Waals surface area (Å²) >= 11 is 0. The molecule has 3 aromatic rings. The van der Waals surface area contributed by atoms with Crippen molar-refractivity contribution in [3.8, 4) is 16.9 Å². The fourth-order valence-electron chi connectivity index (χ4n) is 3.08. The highest BCUT2D eigenvalue weighted by Gasteiger charge is 2.11. The molecule has 3 rings (SSSR count). The number of phenolic OH excluding ortho intramolecular Hbond substituents is 1. The van der Waals surface area contributed by atoms with Crippen molar-refractivity contribution in [1.29, 1.82) is 0 Å². The van der Waals surface area contributed by atoms with Crippen LogP contribution in [0, 0.1) is 6.92 Å². The Morgan fingerprint density at radius 1 is 0.893 bits per heavy atom. The Balaban J connectivity index is 1.78. The van der Waals surface area contributed by atoms with E-state index in [0.29, 0.717) is 0 Å². The van der Waals surface area contributed by atoms with Gasteiger partial charge in [-0.15, -0.1) is 0 Å². The number of allylic oxidation sites excluding steroid dienone is 5. The third-order valence-corrected chi connectivity index (χ3v) is 4.58. The van der Waals surface area contributed by atoms with Gasteiger partial charge in [-0.05, 0) is 48.8 Å². The monoisotopic (exact) mass is 367 g/mol. The minimum absolute atomic E-state index is 0.259. The molecule has 0 aliphatic carbocycles. The van der Waals surface area contributed by atoms with Gasteiger partial charge in [0.05, 0.1) is 0 Å². The minimum Gasteiger partial charge on any atom is -0.507 e. The van der Waals surface area contributed by atoms with Crippen LogP contribution >= 0.6 is 0 Å². The highest BCUT2D eigenvalue weighted by Crippen LogP contribution is 2.36. The first kappa shape index (κ1) is 19.2. The van der Waals surface area contributed by atoms with Crippen molar-refractivity contribution in [1.82, 2.24) is 0 Å². The zero-order valence-corrected chi connectivity index (χ0v) is 16.3. The zero-order chi connectivity index (χ0) is 19.9. The zero-order valence-electron chi connectivity index (χ0n) is 16.3. The van der Waals surface area contributed by atoms with Crippen molar-refractivity contribution in [3.63, 3.8) is 0 Å². The van der Waals surface area contributed by atoms with Gasteiger partial charge in [0.1, 0.15) is 5.75 Å². The van der Waals surface area contributed by atoms with Crippen LogP contribution in [0.3, 0.4) is 0 Å². The van der Waals surface area contributed by atoms with Crippen LogP contribution in [0.4, 0.5) is 5.69 Å². The fourth-order valence-corrected chi connectivity index (χ4v) is 3.08. The second-order valence-corrected chi connectivity index (χ2v) is 6.74. The predicted molar refractivity (Wildman–Crippen MR) is 120 cm³/mol. The van der Waals surface area contributed by atoms with E-state index in [1.807, 2.05) is 105 Å². The number of hydrogen-bond donors (Lipinski definition) is 2. The van der Waals surface area contributed by atoms with Gasteiger partial charge in [-0.25, -0.2) is 0 Å². The van der Waals surface area contributed by atoms with Gasteiger partial charge in [0.2, 0.25) is 0 Å². The molecule has 140 valence electrons. The summed E-state index contributed by atoms with van der Waals surface area (Å²) in [5.74, 6) is 0.259. The third kappa shape index (κ3) is 4.60. The van der Waals surface area contributed by atoms with Crippen LogP contribution in [0.2, 0.25) is 0 Å². The Hall–Kier alpha value is -3.52. The topological polar surface area (TPSA) is 32.3 Å². The van der Waals surface area contributed by atoms with Gasteiger partial charge < -0.3 is 10.4 Å². The van der Waals surface area contributed by atoms with Crippen molar-refractivity contribution in [2.24, 2.45) is 0 Å². The first-order chi connectivity index (χ1) is 13.6. The first-order valence-corrected chi connectivity index (χ1v) is 9.30. The number of anilines is 1. The smallest absolute Gasteiger partial charge is 0.131 e. The lowest BCUT2D eigenvalue weighted by molar-refractivity contribution is 0.475. The summed E-state index contributed by atoms with van der Waals surface area (Å²) in [7, 11) is 0. The predicted octanol–water partition coefficient (Wildman–Crippen LogP) is 6.95. The van der Waals surface area contributed by atoms with Crippen LogP contribution in [0.25, 0.3) is 16.7 Å². The molecule has 0 amide bonds. The van der Waals surface area contributed by atoms with E-state index in [1.54, 1.807) is 0 Å². The Labute approximate surface area is 167 Å². The van der Waals surface area contributed by atoms with E-state index in [2.05, 4.69) is 11.9 Å². The summed E-state index contributed by atoms with van der Waals surface area (Å²) in [6.07, 6.45) is 5.83. The van der Waals surface area contributed by atoms with Crippen LogP contribution in [0.15, 0.2) is 103 Å². The molecule has 0 aliphatic heterocycles. The van der Waals surface area contributed by atoms with Gasteiger partial charge in [-0.1, -0.05) is 79.4 Å². The van der Waals surface area contributed by atoms with Crippen LogP contribution in [0.5, 0.6) is 5.75 Å². The Bertz CT molecular complexity index is 1030. The summed E-state index contributed by atoms with van der Waals surface area (Å²) in [5, 5.41) is 14.2. The molecule has 28 heavy (non-hydrogen) atoms. The number of benzene rings is 3. The van der Waals surface area contributed by atoms with Crippen molar-refractivity contribution in [3.05, 3.63) is 114 Å². The maximum Gasteiger partial charge on any atom is 0.131 e. The molecule has 0 atom stereocenters. The van der Waals surface area contributed by atoms with Crippen molar-refractivity contribution in [2.75, 3.05) is 5.32 Å². The van der Waals surface area contributed by atoms with E-state index in [4.69, 9.17) is 0 Å². The maximum atomic E-state index is 10.8. The fraction of sp³-hybridized carbons (Fsp3) is 0.0769. The summed E-state index contributed by atoms with van der Waals surface area (Å²) in [6.45, 7) is 8.18. The average molecular weight is 367 g/mol. The molecule has 0 saturated heterocycles. The van der Waals surface area contributed by atoms with Crippen LogP contribution in [-0.2, 0) is 0 Å². The van der Waals surface area contributed by atoms with Gasteiger partial charge in [0, 0.05) is 22.5 Å². The number of aromatic hydroxyl groups is 1. The van der Waals surface area contributed by atoms with Gasteiger partial charge >= 0.3 is 0 Å². The highest BCUT2D eigenvalue weighted by atomic mass is 16.3. The first-order valence-electron chi connectivity index (χ1n) is 9.30. The maximum absolute atomic E-state index is 10.8. The van der Waals surface area contributed by atoms with Gasteiger partial charge in [-0.2, -0.15) is 0 Å². The summed E-state index contributed by atoms with van der Waals surface area (Å²) in [4.78, 5) is 0. The van der Waals surface area contributed by atoms with E-state index in [1.165, 1.54) is 0 Å². The number of para-hydroxylation sites is 2. The van der Waals surface area contributed by atoms with Crippen LogP contribution in [0.1, 0.15) is 18.1 Å². The molecule has 3 aromatic carbocycles. The lowest BCUT2D eigenvalue weighted by atomic mass is 9.95. The molecular formula is C26H25NO. The molecule has 0 fully saturated rings. The summed E-state index contributed by atoms with van der Waals surface area (Å²) < 4.78 is 0. The standard InChI is InChI=1S/C26H25NO/c1-19-11-7-8-16-23(19)25-18-10-17-24(26(25)28)20(2)12-9-13-21(3)27-22-14-5-4-6-15-22/h4-18,27-28H,2H2,1,3H3/b12-9-,21-13+. The Morgan fingerprint density at radius 2 is 1.57 bits per heavy atom. The third-order valence-electron chi connectivity index (χ3n) is 4.58. The van der Waals surface area contributed by atoms with E-state index >= 15 is 0 Å². The molecule has 0 heterocycles. The quantitative estimate of drug-likeness (QED) is 0.462. The number of aryl methyl sites for hydroxylation is 1. The number of phenols is 1. The van der Waals surface area contributed by atoms with E-state index in [0.717, 1.165) is 39.2 Å². The van der Waals surface area contributed by atoms with E-state index < -0.39 is 0 Å². The molecular weight excluding hydrogens is 342 g/mol. The lowest BCUT2D eigenvalue weighted by Gasteiger charge is -2.12. The van der Waals surface area contributed by atoms with Crippen molar-refractivity contribution in [2.45, 2.75) is 13.8 Å². The van der Waals surface area contributed by atoms with Crippen molar-refractivity contribution >= 4 is 11.3 Å². The summed E-state index contributed by atoms with van der Waals surface area (Å²) in [6, 6.07) is 23.9. The highest BCUT2D eigenvalue weighted by molar-refractivity contribution is 5.84. The van der Waals surface area contributed by atoms with E-state index in [-0.39, 0.29) is 5.75 Å². The van der Waals surface area contributed by atoms with Gasteiger partial charge in [0.15, 0.2) is 0 Å². The Morgan fingerprint density at radius 3 is 2.32 bits per heavy atom. The molecule has 0 aromatic heterocycles. The molecule has 0 saturated carbocycles. The summed E-state index contributed by atoms with van der Waals surface area (Å²) in [5.41, 5.74) is 6.54. The van der Waals surface area contributed by atoms with Crippen LogP contribution in [-0.4, -0.2) is 5.11 Å². The van der Waals surface area contributed by atoms with Crippen LogP contribution < -0.4 is 5.32 Å². The van der Waals surface area contributed by atoms with E-state index in [9.17, 15) is 5.11 Å². The molecule has 0 unspecified atom stereocenters. The second-order valence-electron chi connectivity index (χ2n) is 6.74. The number of hydrogen-bond acceptors (Lipinski definition) is 2. The SMILES string of the molecule is C=C(/C=C\C=C(/C)Nc1ccccc1)c1cccc(-c2ccccc2C)c1O. The largest absolute Gasteiger partial charge is 0.507 e. The molecule has 2 N–H and O–H groups in total. The minimum atomic E-state index is 0.259. The van der Waals surface area contributed by atoms with Crippen molar-refractivity contribution < 1.29 is 5.11 Å². The molecule has 0 spiro atoms. The lowest BCUT2D eigenvalue weighted by Crippen LogP contribution is -1.93. The van der Waals surface area contributed by atoms with Gasteiger partial charge in [0.25, 0.3) is 0 Å². The molecule has 0 bridgehead atoms. The molecule has 2 heteroatoms. The number of rotatable bonds is 6. The second kappa shape index (κ2) is 8.92. The molecule has 2 nitrogen and oxygen atoms in total. The molecule has 0 radical (unpaired) electrons. The molecule has 0 aliphatic rings. The average Bonchev–Trinajstić information content (AvgIpc) is 2.69. The number of nitrogens with one attached hydrogen (secondary N) is 1. The van der Waals surface area contributed by atoms with Gasteiger partial charge in [-0.3, -0.25) is 0 Å².